The predicted octanol–water partition coefficient (Wildman–Crippen LogP) is 2.72. The zero-order valence-electron chi connectivity index (χ0n) is 11.7. The van der Waals surface area contributed by atoms with Crippen molar-refractivity contribution in [2.24, 2.45) is 0 Å². The van der Waals surface area contributed by atoms with Crippen molar-refractivity contribution in [2.45, 2.75) is 43.7 Å². The molecule has 2 saturated heterocycles. The second-order valence-corrected chi connectivity index (χ2v) is 5.66. The highest BCUT2D eigenvalue weighted by atomic mass is 35.5. The number of halogens is 2. The molecule has 0 unspecified atom stereocenters. The Morgan fingerprint density at radius 2 is 2.10 bits per heavy atom. The van der Waals surface area contributed by atoms with Crippen LogP contribution in [-0.2, 0) is 25.6 Å². The summed E-state index contributed by atoms with van der Waals surface area (Å²) >= 11 is 6.11. The van der Waals surface area contributed by atoms with Crippen molar-refractivity contribution < 1.29 is 23.3 Å². The molecule has 0 N–H and O–H groups in total. The van der Waals surface area contributed by atoms with Gasteiger partial charge in [-0.15, -0.1) is 0 Å². The topological polar surface area (TPSA) is 36.9 Å². The number of alkyl halides is 1. The summed E-state index contributed by atoms with van der Waals surface area (Å²) in [5, 5.41) is 0.653. The van der Waals surface area contributed by atoms with Gasteiger partial charge in [-0.05, 0) is 11.6 Å². The first-order valence-electron chi connectivity index (χ1n) is 6.97. The largest absolute Gasteiger partial charge is 0.376 e. The number of fused-ring (bicyclic) bond motifs is 2. The molecule has 3 rings (SSSR count). The van der Waals surface area contributed by atoms with Crippen LogP contribution in [0, 0.1) is 0 Å². The minimum Gasteiger partial charge on any atom is -0.376 e. The number of ether oxygens (including phenoxy) is 4. The highest BCUT2D eigenvalue weighted by molar-refractivity contribution is 6.31. The van der Waals surface area contributed by atoms with E-state index in [-0.39, 0.29) is 12.2 Å². The van der Waals surface area contributed by atoms with Crippen molar-refractivity contribution in [3.63, 3.8) is 0 Å². The van der Waals surface area contributed by atoms with E-state index in [1.165, 1.54) is 0 Å². The molecule has 2 heterocycles. The zero-order valence-corrected chi connectivity index (χ0v) is 12.5. The lowest BCUT2D eigenvalue weighted by Crippen LogP contribution is -2.45. The van der Waals surface area contributed by atoms with Crippen LogP contribution in [0.25, 0.3) is 0 Å². The van der Waals surface area contributed by atoms with Gasteiger partial charge in [0.15, 0.2) is 6.29 Å². The molecule has 0 aromatic heterocycles. The van der Waals surface area contributed by atoms with Crippen LogP contribution in [0.3, 0.4) is 0 Å². The number of rotatable bonds is 5. The number of methoxy groups -OCH3 is 1. The van der Waals surface area contributed by atoms with Gasteiger partial charge in [0, 0.05) is 18.6 Å². The molecule has 1 aromatic carbocycles. The fourth-order valence-corrected chi connectivity index (χ4v) is 3.00. The van der Waals surface area contributed by atoms with Gasteiger partial charge in [0.05, 0.1) is 12.7 Å². The molecule has 2 aliphatic heterocycles. The normalized spacial score (nSPS) is 35.1. The van der Waals surface area contributed by atoms with Gasteiger partial charge in [0.2, 0.25) is 0 Å². The third-order valence-electron chi connectivity index (χ3n) is 3.97. The first-order valence-corrected chi connectivity index (χ1v) is 7.35. The van der Waals surface area contributed by atoms with E-state index in [1.54, 1.807) is 7.11 Å². The summed E-state index contributed by atoms with van der Waals surface area (Å²) in [6.07, 6.45) is -1.38. The maximum atomic E-state index is 13.0. The third kappa shape index (κ3) is 3.07. The fourth-order valence-electron chi connectivity index (χ4n) is 2.81. The zero-order chi connectivity index (χ0) is 14.8. The summed E-state index contributed by atoms with van der Waals surface area (Å²) in [5.41, 5.74) is 0.894. The molecular weight excluding hydrogens is 299 g/mol. The molecule has 0 saturated carbocycles. The third-order valence-corrected chi connectivity index (χ3v) is 4.34. The second kappa shape index (κ2) is 6.58. The van der Waals surface area contributed by atoms with Gasteiger partial charge in [0.1, 0.15) is 25.0 Å². The van der Waals surface area contributed by atoms with Crippen molar-refractivity contribution >= 4 is 11.6 Å². The molecule has 21 heavy (non-hydrogen) atoms. The minimum atomic E-state index is -0.594. The Morgan fingerprint density at radius 3 is 2.81 bits per heavy atom. The summed E-state index contributed by atoms with van der Waals surface area (Å²) in [6.45, 7) is -0.242. The van der Waals surface area contributed by atoms with E-state index in [2.05, 4.69) is 0 Å². The molecule has 5 atom stereocenters. The van der Waals surface area contributed by atoms with E-state index in [4.69, 9.17) is 30.5 Å². The number of hydrogen-bond acceptors (Lipinski definition) is 4. The molecular formula is C15H18ClFO4. The van der Waals surface area contributed by atoms with Crippen molar-refractivity contribution in [3.05, 3.63) is 34.9 Å². The van der Waals surface area contributed by atoms with Gasteiger partial charge in [0.25, 0.3) is 0 Å². The molecule has 2 aliphatic rings. The van der Waals surface area contributed by atoms with Crippen molar-refractivity contribution in [1.82, 2.24) is 0 Å². The molecule has 0 aliphatic carbocycles. The quantitative estimate of drug-likeness (QED) is 0.837. The first-order chi connectivity index (χ1) is 10.2. The van der Waals surface area contributed by atoms with Gasteiger partial charge in [-0.2, -0.15) is 0 Å². The maximum Gasteiger partial charge on any atom is 0.184 e. The summed E-state index contributed by atoms with van der Waals surface area (Å²) in [7, 11) is 1.59. The average molecular weight is 317 g/mol. The highest BCUT2D eigenvalue weighted by Crippen LogP contribution is 2.35. The van der Waals surface area contributed by atoms with Crippen LogP contribution in [0.1, 0.15) is 12.0 Å². The van der Waals surface area contributed by atoms with Crippen molar-refractivity contribution in [1.29, 1.82) is 0 Å². The minimum absolute atomic E-state index is 0.242. The number of hydrogen-bond donors (Lipinski definition) is 0. The van der Waals surface area contributed by atoms with E-state index in [9.17, 15) is 4.39 Å². The Labute approximate surface area is 128 Å². The second-order valence-electron chi connectivity index (χ2n) is 5.25. The molecule has 2 fully saturated rings. The predicted molar refractivity (Wildman–Crippen MR) is 75.0 cm³/mol. The van der Waals surface area contributed by atoms with Crippen LogP contribution in [0.2, 0.25) is 5.02 Å². The molecule has 2 bridgehead atoms. The van der Waals surface area contributed by atoms with E-state index in [0.717, 1.165) is 5.56 Å². The molecule has 116 valence electrons. The average Bonchev–Trinajstić information content (AvgIpc) is 2.87. The van der Waals surface area contributed by atoms with Gasteiger partial charge < -0.3 is 18.9 Å². The Bertz CT molecular complexity index is 484. The van der Waals surface area contributed by atoms with Gasteiger partial charge in [-0.3, -0.25) is 0 Å². The highest BCUT2D eigenvalue weighted by Gasteiger charge is 2.50. The smallest absolute Gasteiger partial charge is 0.184 e. The van der Waals surface area contributed by atoms with Crippen LogP contribution >= 0.6 is 11.6 Å². The van der Waals surface area contributed by atoms with Crippen LogP contribution in [-0.4, -0.2) is 44.5 Å². The number of benzene rings is 1. The van der Waals surface area contributed by atoms with Gasteiger partial charge in [-0.1, -0.05) is 29.8 Å². The molecule has 0 amide bonds. The monoisotopic (exact) mass is 316 g/mol. The molecule has 0 radical (unpaired) electrons. The summed E-state index contributed by atoms with van der Waals surface area (Å²) < 4.78 is 35.5. The summed E-state index contributed by atoms with van der Waals surface area (Å²) in [6, 6.07) is 7.49. The maximum absolute atomic E-state index is 13.0. The Morgan fingerprint density at radius 1 is 1.29 bits per heavy atom. The summed E-state index contributed by atoms with van der Waals surface area (Å²) in [5.74, 6) is 0. The van der Waals surface area contributed by atoms with E-state index in [0.29, 0.717) is 18.1 Å². The lowest BCUT2D eigenvalue weighted by atomic mass is 10.0. The van der Waals surface area contributed by atoms with Crippen LogP contribution < -0.4 is 0 Å². The lowest BCUT2D eigenvalue weighted by molar-refractivity contribution is -0.201. The van der Waals surface area contributed by atoms with Crippen LogP contribution in [0.5, 0.6) is 0 Å². The van der Waals surface area contributed by atoms with Crippen LogP contribution in [0.4, 0.5) is 4.39 Å². The Balaban J connectivity index is 1.67. The molecule has 6 heteroatoms. The molecule has 4 nitrogen and oxygen atoms in total. The van der Waals surface area contributed by atoms with E-state index < -0.39 is 25.2 Å². The molecule has 1 aromatic rings. The Kier molecular flexibility index (Phi) is 4.76. The fraction of sp³-hybridized carbons (Fsp3) is 0.600. The Hall–Kier alpha value is -0.720. The van der Waals surface area contributed by atoms with Crippen LogP contribution in [0.15, 0.2) is 24.3 Å². The van der Waals surface area contributed by atoms with E-state index >= 15 is 0 Å². The van der Waals surface area contributed by atoms with E-state index in [1.807, 2.05) is 24.3 Å². The van der Waals surface area contributed by atoms with Crippen molar-refractivity contribution in [2.75, 3.05) is 13.8 Å². The van der Waals surface area contributed by atoms with Crippen molar-refractivity contribution in [3.8, 4) is 0 Å². The first kappa shape index (κ1) is 15.2. The van der Waals surface area contributed by atoms with Gasteiger partial charge >= 0.3 is 0 Å². The summed E-state index contributed by atoms with van der Waals surface area (Å²) in [4.78, 5) is 0. The lowest BCUT2D eigenvalue weighted by Gasteiger charge is -2.33. The standard InChI is InChI=1S/C15H18ClFO4/c1-18-12-6-11(14-13(7-17)20-15(12)21-14)19-8-9-4-2-3-5-10(9)16/h2-5,11-15H,6-8H2,1H3/t11-,12+,13+,14+,15-/m0/s1. The van der Waals surface area contributed by atoms with Gasteiger partial charge in [-0.25, -0.2) is 4.39 Å². The SMILES string of the molecule is CO[C@@H]1C[C@H](OCc2ccccc2Cl)[C@H]2O[C@@H]1O[C@@H]2CF. The molecule has 0 spiro atoms.